The summed E-state index contributed by atoms with van der Waals surface area (Å²) < 4.78 is 0. The summed E-state index contributed by atoms with van der Waals surface area (Å²) in [4.78, 5) is 21.0. The quantitative estimate of drug-likeness (QED) is 0.781. The predicted octanol–water partition coefficient (Wildman–Crippen LogP) is 2.46. The molecule has 1 aliphatic heterocycles. The van der Waals surface area contributed by atoms with Crippen molar-refractivity contribution in [3.63, 3.8) is 0 Å². The lowest BCUT2D eigenvalue weighted by molar-refractivity contribution is -0.130. The molecule has 0 spiro atoms. The van der Waals surface area contributed by atoms with Crippen molar-refractivity contribution in [2.24, 2.45) is 0 Å². The van der Waals surface area contributed by atoms with Crippen molar-refractivity contribution >= 4 is 29.3 Å². The first-order chi connectivity index (χ1) is 12.1. The van der Waals surface area contributed by atoms with Crippen LogP contribution in [-0.4, -0.2) is 62.8 Å². The van der Waals surface area contributed by atoms with Gasteiger partial charge in [0.15, 0.2) is 0 Å². The molecular weight excluding hydrogens is 358 g/mol. The first-order valence-electron chi connectivity index (χ1n) is 8.42. The van der Waals surface area contributed by atoms with Crippen LogP contribution in [0.3, 0.4) is 0 Å². The summed E-state index contributed by atoms with van der Waals surface area (Å²) in [5.74, 6) is 1.38. The van der Waals surface area contributed by atoms with Crippen molar-refractivity contribution in [2.45, 2.75) is 25.0 Å². The standard InChI is InChI=1S/C17H22ClN5OS/c1-2-15-19-17(21-20-15)25-12-16(24)23-8-6-22(7-9-23)11-13-4-3-5-14(18)10-13/h3-5,10H,2,6-9,11-12H2,1H3,(H,19,20,21). The second kappa shape index (κ2) is 8.69. The van der Waals surface area contributed by atoms with Crippen LogP contribution in [0.1, 0.15) is 18.3 Å². The van der Waals surface area contributed by atoms with Crippen LogP contribution in [-0.2, 0) is 17.8 Å². The number of hydrogen-bond donors (Lipinski definition) is 1. The SMILES string of the molecule is CCc1nc(SCC(=O)N2CCN(Cc3cccc(Cl)c3)CC2)n[nH]1. The lowest BCUT2D eigenvalue weighted by atomic mass is 10.2. The maximum Gasteiger partial charge on any atom is 0.233 e. The molecule has 0 aliphatic carbocycles. The molecule has 1 fully saturated rings. The van der Waals surface area contributed by atoms with E-state index in [1.807, 2.05) is 30.0 Å². The van der Waals surface area contributed by atoms with Crippen LogP contribution in [0.5, 0.6) is 0 Å². The Bertz CT molecular complexity index is 715. The fraction of sp³-hybridized carbons (Fsp3) is 0.471. The monoisotopic (exact) mass is 379 g/mol. The molecule has 0 radical (unpaired) electrons. The summed E-state index contributed by atoms with van der Waals surface area (Å²) in [6.45, 7) is 6.16. The highest BCUT2D eigenvalue weighted by Gasteiger charge is 2.21. The number of piperazine rings is 1. The molecule has 134 valence electrons. The third-order valence-electron chi connectivity index (χ3n) is 4.19. The summed E-state index contributed by atoms with van der Waals surface area (Å²) in [6.07, 6.45) is 0.816. The normalized spacial score (nSPS) is 15.5. The predicted molar refractivity (Wildman–Crippen MR) is 99.8 cm³/mol. The van der Waals surface area contributed by atoms with Gasteiger partial charge >= 0.3 is 0 Å². The van der Waals surface area contributed by atoms with Gasteiger partial charge in [-0.3, -0.25) is 14.8 Å². The van der Waals surface area contributed by atoms with Crippen LogP contribution < -0.4 is 0 Å². The van der Waals surface area contributed by atoms with E-state index in [1.165, 1.54) is 17.3 Å². The minimum absolute atomic E-state index is 0.148. The fourth-order valence-corrected chi connectivity index (χ4v) is 3.70. The molecule has 1 aromatic heterocycles. The van der Waals surface area contributed by atoms with Gasteiger partial charge in [0.05, 0.1) is 5.75 Å². The van der Waals surface area contributed by atoms with Crippen molar-refractivity contribution in [3.8, 4) is 0 Å². The number of H-pyrrole nitrogens is 1. The molecule has 8 heteroatoms. The van der Waals surface area contributed by atoms with Gasteiger partial charge in [0.2, 0.25) is 11.1 Å². The Morgan fingerprint density at radius 1 is 1.32 bits per heavy atom. The van der Waals surface area contributed by atoms with Crippen LogP contribution in [0.25, 0.3) is 0 Å². The Hall–Kier alpha value is -1.57. The number of nitrogens with zero attached hydrogens (tertiary/aromatic N) is 4. The molecule has 0 atom stereocenters. The van der Waals surface area contributed by atoms with E-state index in [9.17, 15) is 4.79 Å². The molecule has 2 aromatic rings. The van der Waals surface area contributed by atoms with Crippen molar-refractivity contribution in [1.29, 1.82) is 0 Å². The topological polar surface area (TPSA) is 65.1 Å². The van der Waals surface area contributed by atoms with Gasteiger partial charge in [-0.2, -0.15) is 0 Å². The molecule has 0 bridgehead atoms. The molecule has 2 heterocycles. The van der Waals surface area contributed by atoms with E-state index in [0.717, 1.165) is 50.0 Å². The number of nitrogens with one attached hydrogen (secondary N) is 1. The molecule has 1 aromatic carbocycles. The molecule has 0 unspecified atom stereocenters. The highest BCUT2D eigenvalue weighted by molar-refractivity contribution is 7.99. The van der Waals surface area contributed by atoms with Crippen LogP contribution in [0.15, 0.2) is 29.4 Å². The van der Waals surface area contributed by atoms with Crippen LogP contribution in [0.4, 0.5) is 0 Å². The van der Waals surface area contributed by atoms with Crippen molar-refractivity contribution in [2.75, 3.05) is 31.9 Å². The highest BCUT2D eigenvalue weighted by Crippen LogP contribution is 2.16. The van der Waals surface area contributed by atoms with Crippen LogP contribution in [0, 0.1) is 0 Å². The molecule has 1 saturated heterocycles. The van der Waals surface area contributed by atoms with Gasteiger partial charge in [-0.05, 0) is 17.7 Å². The highest BCUT2D eigenvalue weighted by atomic mass is 35.5. The minimum atomic E-state index is 0.148. The molecule has 25 heavy (non-hydrogen) atoms. The van der Waals surface area contributed by atoms with Gasteiger partial charge in [-0.1, -0.05) is 42.4 Å². The molecule has 6 nitrogen and oxygen atoms in total. The Morgan fingerprint density at radius 2 is 2.12 bits per heavy atom. The average Bonchev–Trinajstić information content (AvgIpc) is 3.08. The fourth-order valence-electron chi connectivity index (χ4n) is 2.77. The van der Waals surface area contributed by atoms with Crippen LogP contribution >= 0.6 is 23.4 Å². The average molecular weight is 380 g/mol. The zero-order chi connectivity index (χ0) is 17.6. The number of aromatic amines is 1. The van der Waals surface area contributed by atoms with Gasteiger partial charge in [-0.25, -0.2) is 4.98 Å². The lowest BCUT2D eigenvalue weighted by Crippen LogP contribution is -2.48. The third kappa shape index (κ3) is 5.20. The first kappa shape index (κ1) is 18.2. The van der Waals surface area contributed by atoms with Crippen molar-refractivity contribution < 1.29 is 4.79 Å². The van der Waals surface area contributed by atoms with Gasteiger partial charge in [0.25, 0.3) is 0 Å². The summed E-state index contributed by atoms with van der Waals surface area (Å²) in [5, 5.41) is 8.38. The largest absolute Gasteiger partial charge is 0.339 e. The number of carbonyl (C=O) groups excluding carboxylic acids is 1. The molecule has 0 saturated carbocycles. The van der Waals surface area contributed by atoms with Crippen LogP contribution in [0.2, 0.25) is 5.02 Å². The van der Waals surface area contributed by atoms with Crippen molar-refractivity contribution in [3.05, 3.63) is 40.7 Å². The zero-order valence-electron chi connectivity index (χ0n) is 14.2. The van der Waals surface area contributed by atoms with E-state index in [1.54, 1.807) is 0 Å². The molecule has 1 amide bonds. The number of halogens is 1. The van der Waals surface area contributed by atoms with Gasteiger partial charge in [0, 0.05) is 44.2 Å². The lowest BCUT2D eigenvalue weighted by Gasteiger charge is -2.34. The summed E-state index contributed by atoms with van der Waals surface area (Å²) in [5.41, 5.74) is 1.21. The third-order valence-corrected chi connectivity index (χ3v) is 5.26. The number of benzene rings is 1. The number of aryl methyl sites for hydroxylation is 1. The minimum Gasteiger partial charge on any atom is -0.339 e. The Kier molecular flexibility index (Phi) is 6.34. The Morgan fingerprint density at radius 3 is 2.80 bits per heavy atom. The number of hydrogen-bond acceptors (Lipinski definition) is 5. The first-order valence-corrected chi connectivity index (χ1v) is 9.79. The van der Waals surface area contributed by atoms with E-state index >= 15 is 0 Å². The molecular formula is C17H22ClN5OS. The second-order valence-electron chi connectivity index (χ2n) is 5.99. The summed E-state index contributed by atoms with van der Waals surface area (Å²) >= 11 is 7.43. The summed E-state index contributed by atoms with van der Waals surface area (Å²) in [6, 6.07) is 7.94. The van der Waals surface area contributed by atoms with E-state index in [2.05, 4.69) is 26.1 Å². The summed E-state index contributed by atoms with van der Waals surface area (Å²) in [7, 11) is 0. The van der Waals surface area contributed by atoms with Gasteiger partial charge in [-0.15, -0.1) is 5.10 Å². The Labute approximate surface area is 156 Å². The van der Waals surface area contributed by atoms with E-state index in [0.29, 0.717) is 10.9 Å². The second-order valence-corrected chi connectivity index (χ2v) is 7.37. The molecule has 1 N–H and O–H groups in total. The van der Waals surface area contributed by atoms with Crippen molar-refractivity contribution in [1.82, 2.24) is 25.0 Å². The number of amides is 1. The maximum absolute atomic E-state index is 12.4. The number of thioether (sulfide) groups is 1. The smallest absolute Gasteiger partial charge is 0.233 e. The zero-order valence-corrected chi connectivity index (χ0v) is 15.8. The number of rotatable bonds is 6. The Balaban J connectivity index is 1.42. The van der Waals surface area contributed by atoms with Gasteiger partial charge in [0.1, 0.15) is 5.82 Å². The van der Waals surface area contributed by atoms with E-state index < -0.39 is 0 Å². The number of aromatic nitrogens is 3. The maximum atomic E-state index is 12.4. The molecule has 3 rings (SSSR count). The molecule has 1 aliphatic rings. The van der Waals surface area contributed by atoms with E-state index in [-0.39, 0.29) is 5.91 Å². The van der Waals surface area contributed by atoms with E-state index in [4.69, 9.17) is 11.6 Å². The van der Waals surface area contributed by atoms with Gasteiger partial charge < -0.3 is 4.90 Å². The number of carbonyl (C=O) groups is 1.